The first kappa shape index (κ1) is 22.7. The van der Waals surface area contributed by atoms with E-state index in [1.54, 1.807) is 10.8 Å². The van der Waals surface area contributed by atoms with Crippen LogP contribution in [0.2, 0.25) is 0 Å². The van der Waals surface area contributed by atoms with Crippen molar-refractivity contribution in [3.05, 3.63) is 66.6 Å². The van der Waals surface area contributed by atoms with E-state index < -0.39 is 32.5 Å². The molecule has 10 heteroatoms. The molecule has 1 aromatic heterocycles. The van der Waals surface area contributed by atoms with Crippen molar-refractivity contribution in [3.8, 4) is 22.3 Å². The summed E-state index contributed by atoms with van der Waals surface area (Å²) in [5.41, 5.74) is 3.77. The molecule has 0 radical (unpaired) electrons. The lowest BCUT2D eigenvalue weighted by molar-refractivity contribution is -0.180. The Morgan fingerprint density at radius 3 is 2.16 bits per heavy atom. The molecule has 0 aliphatic carbocycles. The molecule has 0 saturated heterocycles. The van der Waals surface area contributed by atoms with E-state index in [2.05, 4.69) is 4.98 Å². The van der Waals surface area contributed by atoms with E-state index in [0.29, 0.717) is 5.56 Å². The van der Waals surface area contributed by atoms with Gasteiger partial charge in [0.05, 0.1) is 4.90 Å². The molecule has 31 heavy (non-hydrogen) atoms. The zero-order chi connectivity index (χ0) is 23.0. The van der Waals surface area contributed by atoms with Crippen LogP contribution in [0.25, 0.3) is 22.3 Å². The molecule has 3 aromatic rings. The molecule has 0 saturated carbocycles. The number of nitrogens with zero attached hydrogens (tertiary/aromatic N) is 1. The van der Waals surface area contributed by atoms with E-state index in [4.69, 9.17) is 5.73 Å². The number of alkyl halides is 3. The molecule has 2 aromatic carbocycles. The molecule has 0 spiro atoms. The molecule has 0 aliphatic rings. The van der Waals surface area contributed by atoms with Gasteiger partial charge in [0.1, 0.15) is 17.2 Å². The first-order valence-corrected chi connectivity index (χ1v) is 10.5. The maximum absolute atomic E-state index is 14.8. The molecule has 3 rings (SSSR count). The molecule has 0 aliphatic heterocycles. The zero-order valence-corrected chi connectivity index (χ0v) is 17.4. The Balaban J connectivity index is 2.04. The first-order valence-electron chi connectivity index (χ1n) is 9.03. The predicted molar refractivity (Wildman–Crippen MR) is 110 cm³/mol. The number of halogens is 4. The van der Waals surface area contributed by atoms with Crippen LogP contribution in [0.1, 0.15) is 13.8 Å². The van der Waals surface area contributed by atoms with Gasteiger partial charge in [-0.2, -0.15) is 17.9 Å². The zero-order valence-electron chi connectivity index (χ0n) is 16.5. The van der Waals surface area contributed by atoms with Crippen LogP contribution in [-0.4, -0.2) is 25.1 Å². The van der Waals surface area contributed by atoms with Gasteiger partial charge in [-0.25, -0.2) is 17.8 Å². The second-order valence-corrected chi connectivity index (χ2v) is 9.04. The summed E-state index contributed by atoms with van der Waals surface area (Å²) in [4.78, 5) is 3.51. The molecular formula is C21H19F4N3O2S. The van der Waals surface area contributed by atoms with Gasteiger partial charge in [-0.05, 0) is 43.7 Å². The number of benzene rings is 2. The van der Waals surface area contributed by atoms with Gasteiger partial charge >= 0.3 is 6.18 Å². The third-order valence-corrected chi connectivity index (χ3v) is 6.37. The monoisotopic (exact) mass is 453 g/mol. The lowest BCUT2D eigenvalue weighted by atomic mass is 10.0. The quantitative estimate of drug-likeness (QED) is 0.546. The summed E-state index contributed by atoms with van der Waals surface area (Å²) in [5.74, 6) is -0.381. The van der Waals surface area contributed by atoms with E-state index in [9.17, 15) is 26.0 Å². The summed E-state index contributed by atoms with van der Waals surface area (Å²) in [5, 5.41) is 0. The lowest BCUT2D eigenvalue weighted by Crippen LogP contribution is -2.54. The van der Waals surface area contributed by atoms with Crippen LogP contribution in [-0.2, 0) is 10.0 Å². The smallest absolute Gasteiger partial charge is 0.384 e. The van der Waals surface area contributed by atoms with Crippen molar-refractivity contribution in [1.29, 1.82) is 0 Å². The third kappa shape index (κ3) is 4.70. The van der Waals surface area contributed by atoms with Crippen LogP contribution >= 0.6 is 0 Å². The Morgan fingerprint density at radius 1 is 0.935 bits per heavy atom. The van der Waals surface area contributed by atoms with Crippen molar-refractivity contribution < 1.29 is 26.0 Å². The Kier molecular flexibility index (Phi) is 5.81. The molecule has 164 valence electrons. The molecule has 0 bridgehead atoms. The summed E-state index contributed by atoms with van der Waals surface area (Å²) in [6.07, 6.45) is -3.41. The number of hydrogen-bond donors (Lipinski definition) is 2. The van der Waals surface area contributed by atoms with Crippen molar-refractivity contribution in [3.63, 3.8) is 0 Å². The lowest BCUT2D eigenvalue weighted by Gasteiger charge is -2.29. The summed E-state index contributed by atoms with van der Waals surface area (Å²) in [6.45, 7) is 1.45. The minimum atomic E-state index is -4.81. The number of rotatable bonds is 5. The van der Waals surface area contributed by atoms with Gasteiger partial charge in [0, 0.05) is 22.9 Å². The van der Waals surface area contributed by atoms with Crippen LogP contribution in [0.5, 0.6) is 0 Å². The number of sulfonamides is 1. The maximum atomic E-state index is 14.8. The summed E-state index contributed by atoms with van der Waals surface area (Å²) in [6, 6.07) is 12.6. The Morgan fingerprint density at radius 2 is 1.58 bits per heavy atom. The Labute approximate surface area is 177 Å². The SMILES string of the molecule is CC(C)(NS(=O)(=O)c1ccccc1-c1ccc(-c2ccc(N)nc2)c(F)c1)C(F)(F)F. The number of aromatic nitrogens is 1. The molecule has 5 nitrogen and oxygen atoms in total. The number of pyridine rings is 1. The van der Waals surface area contributed by atoms with E-state index in [0.717, 1.165) is 19.9 Å². The van der Waals surface area contributed by atoms with E-state index in [1.165, 1.54) is 48.7 Å². The first-order chi connectivity index (χ1) is 14.3. The second kappa shape index (κ2) is 7.93. The normalized spacial score (nSPS) is 12.7. The fourth-order valence-electron chi connectivity index (χ4n) is 2.87. The molecule has 3 N–H and O–H groups in total. The molecule has 1 heterocycles. The average molecular weight is 453 g/mol. The topological polar surface area (TPSA) is 85.1 Å². The molecule has 0 atom stereocenters. The standard InChI is InChI=1S/C21H19F4N3O2S/c1-20(2,21(23,24)25)28-31(29,30)18-6-4-3-5-16(18)13-7-9-15(17(22)11-13)14-8-10-19(26)27-12-14/h3-12,28H,1-2H3,(H2,26,27). The third-order valence-electron chi connectivity index (χ3n) is 4.65. The summed E-state index contributed by atoms with van der Waals surface area (Å²) in [7, 11) is -4.58. The highest BCUT2D eigenvalue weighted by atomic mass is 32.2. The van der Waals surface area contributed by atoms with Crippen molar-refractivity contribution in [2.45, 2.75) is 30.5 Å². The fraction of sp³-hybridized carbons (Fsp3) is 0.190. The van der Waals surface area contributed by atoms with Gasteiger partial charge in [0.15, 0.2) is 0 Å². The van der Waals surface area contributed by atoms with E-state index in [-0.39, 0.29) is 22.5 Å². The van der Waals surface area contributed by atoms with Crippen LogP contribution in [0.15, 0.2) is 65.7 Å². The molecule has 0 unspecified atom stereocenters. The second-order valence-electron chi connectivity index (χ2n) is 7.39. The number of nitrogens with one attached hydrogen (secondary N) is 1. The highest BCUT2D eigenvalue weighted by Crippen LogP contribution is 2.34. The van der Waals surface area contributed by atoms with E-state index in [1.807, 2.05) is 0 Å². The van der Waals surface area contributed by atoms with Gasteiger partial charge in [0.25, 0.3) is 0 Å². The van der Waals surface area contributed by atoms with Crippen molar-refractivity contribution in [2.75, 3.05) is 5.73 Å². The summed E-state index contributed by atoms with van der Waals surface area (Å²) < 4.78 is 81.6. The summed E-state index contributed by atoms with van der Waals surface area (Å²) >= 11 is 0. The van der Waals surface area contributed by atoms with Crippen molar-refractivity contribution in [1.82, 2.24) is 9.71 Å². The molecular weight excluding hydrogens is 434 g/mol. The Hall–Kier alpha value is -2.98. The number of nitrogen functional groups attached to an aromatic ring is 1. The number of anilines is 1. The minimum absolute atomic E-state index is 0.0638. The van der Waals surface area contributed by atoms with Crippen molar-refractivity contribution >= 4 is 15.8 Å². The molecule has 0 fully saturated rings. The number of hydrogen-bond acceptors (Lipinski definition) is 4. The highest BCUT2D eigenvalue weighted by molar-refractivity contribution is 7.89. The van der Waals surface area contributed by atoms with Gasteiger partial charge in [-0.15, -0.1) is 0 Å². The van der Waals surface area contributed by atoms with Crippen LogP contribution in [0.4, 0.5) is 23.4 Å². The highest BCUT2D eigenvalue weighted by Gasteiger charge is 2.50. The van der Waals surface area contributed by atoms with Crippen LogP contribution in [0, 0.1) is 5.82 Å². The maximum Gasteiger partial charge on any atom is 0.407 e. The molecule has 0 amide bonds. The van der Waals surface area contributed by atoms with Crippen molar-refractivity contribution in [2.24, 2.45) is 0 Å². The van der Waals surface area contributed by atoms with Crippen LogP contribution < -0.4 is 10.5 Å². The van der Waals surface area contributed by atoms with Crippen LogP contribution in [0.3, 0.4) is 0 Å². The van der Waals surface area contributed by atoms with Gasteiger partial charge in [0.2, 0.25) is 10.0 Å². The van der Waals surface area contributed by atoms with Gasteiger partial charge < -0.3 is 5.73 Å². The largest absolute Gasteiger partial charge is 0.407 e. The minimum Gasteiger partial charge on any atom is -0.384 e. The van der Waals surface area contributed by atoms with Gasteiger partial charge in [-0.1, -0.05) is 30.3 Å². The fourth-order valence-corrected chi connectivity index (χ4v) is 4.50. The average Bonchev–Trinajstić information content (AvgIpc) is 2.67. The Bertz CT molecular complexity index is 1210. The van der Waals surface area contributed by atoms with E-state index >= 15 is 0 Å². The number of nitrogens with two attached hydrogens (primary N) is 1. The van der Waals surface area contributed by atoms with Gasteiger partial charge in [-0.3, -0.25) is 0 Å². The predicted octanol–water partition coefficient (Wildman–Crippen LogP) is 4.76.